The molecule has 0 aliphatic heterocycles. The van der Waals surface area contributed by atoms with Crippen molar-refractivity contribution in [3.05, 3.63) is 44.4 Å². The number of aryl methyl sites for hydroxylation is 1. The maximum absolute atomic E-state index is 11.8. The maximum Gasteiger partial charge on any atom is 0.305 e. The predicted octanol–water partition coefficient (Wildman–Crippen LogP) is 2.96. The molecule has 0 aliphatic carbocycles. The fourth-order valence-corrected chi connectivity index (χ4v) is 3.31. The Bertz CT molecular complexity index is 703. The molecule has 2 N–H and O–H groups in total. The number of H-pyrrole nitrogens is 1. The van der Waals surface area contributed by atoms with Crippen molar-refractivity contribution in [1.82, 2.24) is 9.88 Å². The van der Waals surface area contributed by atoms with Gasteiger partial charge in [0.25, 0.3) is 0 Å². The van der Waals surface area contributed by atoms with Crippen molar-refractivity contribution in [2.24, 2.45) is 0 Å². The molecule has 0 radical (unpaired) electrons. The van der Waals surface area contributed by atoms with Gasteiger partial charge in [-0.3, -0.25) is 14.5 Å². The van der Waals surface area contributed by atoms with Crippen LogP contribution in [0.4, 0.5) is 0 Å². The predicted molar refractivity (Wildman–Crippen MR) is 93.0 cm³/mol. The second-order valence-corrected chi connectivity index (χ2v) is 6.44. The molecule has 0 unspecified atom stereocenters. The largest absolute Gasteiger partial charge is 0.481 e. The van der Waals surface area contributed by atoms with Crippen molar-refractivity contribution in [3.8, 4) is 11.3 Å². The van der Waals surface area contributed by atoms with E-state index >= 15 is 0 Å². The van der Waals surface area contributed by atoms with Gasteiger partial charge in [0.2, 0.25) is 0 Å². The van der Waals surface area contributed by atoms with Gasteiger partial charge < -0.3 is 10.1 Å². The van der Waals surface area contributed by atoms with E-state index in [1.165, 1.54) is 16.9 Å². The van der Waals surface area contributed by atoms with E-state index in [-0.39, 0.29) is 11.3 Å². The third kappa shape index (κ3) is 4.77. The number of nitrogens with one attached hydrogen (secondary N) is 1. The van der Waals surface area contributed by atoms with Crippen LogP contribution in [0.5, 0.6) is 0 Å². The first-order valence-electron chi connectivity index (χ1n) is 7.79. The molecule has 2 aromatic rings. The molecule has 1 heterocycles. The molecule has 0 saturated carbocycles. The second-order valence-electron chi connectivity index (χ2n) is 5.38. The van der Waals surface area contributed by atoms with Crippen LogP contribution in [0.3, 0.4) is 0 Å². The monoisotopic (exact) mass is 334 g/mol. The molecule has 23 heavy (non-hydrogen) atoms. The summed E-state index contributed by atoms with van der Waals surface area (Å²) in [4.78, 5) is 28.4. The highest BCUT2D eigenvalue weighted by molar-refractivity contribution is 7.09. The first kappa shape index (κ1) is 17.4. The molecule has 0 spiro atoms. The first-order valence-corrected chi connectivity index (χ1v) is 8.60. The van der Waals surface area contributed by atoms with Gasteiger partial charge in [0.1, 0.15) is 0 Å². The van der Waals surface area contributed by atoms with Gasteiger partial charge in [-0.05, 0) is 24.1 Å². The Morgan fingerprint density at radius 3 is 2.52 bits per heavy atom. The van der Waals surface area contributed by atoms with E-state index in [2.05, 4.69) is 24.0 Å². The lowest BCUT2D eigenvalue weighted by molar-refractivity contribution is -0.137. The van der Waals surface area contributed by atoms with E-state index in [0.29, 0.717) is 13.1 Å². The standard InChI is InChI=1S/C17H22N2O3S/c1-3-12-5-7-13(8-6-12)16-14(23-17(22)18-16)11-19(4-2)10-9-15(20)21/h5-8H,3-4,9-11H2,1-2H3,(H,18,22)(H,20,21). The summed E-state index contributed by atoms with van der Waals surface area (Å²) in [5.41, 5.74) is 3.09. The fourth-order valence-electron chi connectivity index (χ4n) is 2.42. The number of carbonyl (C=O) groups is 1. The Morgan fingerprint density at radius 1 is 1.26 bits per heavy atom. The first-order chi connectivity index (χ1) is 11.0. The zero-order valence-electron chi connectivity index (χ0n) is 13.5. The summed E-state index contributed by atoms with van der Waals surface area (Å²) < 4.78 is 0. The van der Waals surface area contributed by atoms with Gasteiger partial charge in [-0.1, -0.05) is 49.4 Å². The lowest BCUT2D eigenvalue weighted by Crippen LogP contribution is -2.25. The fraction of sp³-hybridized carbons (Fsp3) is 0.412. The van der Waals surface area contributed by atoms with Gasteiger partial charge in [-0.2, -0.15) is 0 Å². The molecular weight excluding hydrogens is 312 g/mol. The van der Waals surface area contributed by atoms with Gasteiger partial charge in [0.05, 0.1) is 12.1 Å². The molecule has 0 fully saturated rings. The molecule has 1 aromatic carbocycles. The Hall–Kier alpha value is -1.92. The summed E-state index contributed by atoms with van der Waals surface area (Å²) in [5, 5.41) is 8.83. The lowest BCUT2D eigenvalue weighted by atomic mass is 10.1. The van der Waals surface area contributed by atoms with Crippen molar-refractivity contribution in [2.45, 2.75) is 33.2 Å². The quantitative estimate of drug-likeness (QED) is 0.778. The normalized spacial score (nSPS) is 11.1. The van der Waals surface area contributed by atoms with E-state index in [1.807, 2.05) is 24.0 Å². The second kappa shape index (κ2) is 8.08. The van der Waals surface area contributed by atoms with Crippen molar-refractivity contribution in [3.63, 3.8) is 0 Å². The number of hydrogen-bond acceptors (Lipinski definition) is 4. The Balaban J connectivity index is 2.21. The average Bonchev–Trinajstić information content (AvgIpc) is 2.91. The van der Waals surface area contributed by atoms with Crippen LogP contribution in [0.1, 0.15) is 30.7 Å². The molecule has 124 valence electrons. The summed E-state index contributed by atoms with van der Waals surface area (Å²) in [7, 11) is 0. The van der Waals surface area contributed by atoms with E-state index < -0.39 is 5.97 Å². The van der Waals surface area contributed by atoms with Crippen molar-refractivity contribution in [2.75, 3.05) is 13.1 Å². The zero-order chi connectivity index (χ0) is 16.8. The molecule has 0 saturated heterocycles. The summed E-state index contributed by atoms with van der Waals surface area (Å²) in [6.45, 7) is 5.90. The van der Waals surface area contributed by atoms with Gasteiger partial charge >= 0.3 is 10.8 Å². The van der Waals surface area contributed by atoms with Crippen LogP contribution in [-0.2, 0) is 17.8 Å². The smallest absolute Gasteiger partial charge is 0.305 e. The highest BCUT2D eigenvalue weighted by Crippen LogP contribution is 2.25. The Labute approximate surface area is 139 Å². The van der Waals surface area contributed by atoms with Crippen LogP contribution in [0.25, 0.3) is 11.3 Å². The summed E-state index contributed by atoms with van der Waals surface area (Å²) in [6, 6.07) is 8.18. The number of thiazole rings is 1. The number of carboxylic acids is 1. The Morgan fingerprint density at radius 2 is 1.96 bits per heavy atom. The number of aromatic nitrogens is 1. The van der Waals surface area contributed by atoms with Crippen LogP contribution in [-0.4, -0.2) is 34.0 Å². The lowest BCUT2D eigenvalue weighted by Gasteiger charge is -2.19. The van der Waals surface area contributed by atoms with Gasteiger partial charge in [-0.25, -0.2) is 0 Å². The van der Waals surface area contributed by atoms with E-state index in [0.717, 1.165) is 29.1 Å². The molecular formula is C17H22N2O3S. The zero-order valence-corrected chi connectivity index (χ0v) is 14.3. The molecule has 6 heteroatoms. The number of nitrogens with zero attached hydrogens (tertiary/aromatic N) is 1. The van der Waals surface area contributed by atoms with Crippen LogP contribution in [0.15, 0.2) is 29.1 Å². The van der Waals surface area contributed by atoms with Crippen LogP contribution in [0.2, 0.25) is 0 Å². The van der Waals surface area contributed by atoms with Gasteiger partial charge in [0, 0.05) is 18.0 Å². The number of rotatable bonds is 8. The Kier molecular flexibility index (Phi) is 6.12. The number of hydrogen-bond donors (Lipinski definition) is 2. The van der Waals surface area contributed by atoms with E-state index in [1.54, 1.807) is 0 Å². The van der Waals surface area contributed by atoms with Gasteiger partial charge in [-0.15, -0.1) is 0 Å². The van der Waals surface area contributed by atoms with E-state index in [9.17, 15) is 9.59 Å². The summed E-state index contributed by atoms with van der Waals surface area (Å²) in [5.74, 6) is -0.805. The van der Waals surface area contributed by atoms with Crippen LogP contribution in [0, 0.1) is 0 Å². The SMILES string of the molecule is CCc1ccc(-c2[nH]c(=O)sc2CN(CC)CCC(=O)O)cc1. The minimum absolute atomic E-state index is 0.0798. The summed E-state index contributed by atoms with van der Waals surface area (Å²) in [6.07, 6.45) is 1.08. The molecule has 2 rings (SSSR count). The third-order valence-corrected chi connectivity index (χ3v) is 4.70. The van der Waals surface area contributed by atoms with Crippen molar-refractivity contribution in [1.29, 1.82) is 0 Å². The van der Waals surface area contributed by atoms with E-state index in [4.69, 9.17) is 5.11 Å². The molecule has 0 atom stereocenters. The molecule has 1 aromatic heterocycles. The highest BCUT2D eigenvalue weighted by atomic mass is 32.1. The molecule has 0 amide bonds. The minimum Gasteiger partial charge on any atom is -0.481 e. The van der Waals surface area contributed by atoms with Crippen molar-refractivity contribution >= 4 is 17.3 Å². The number of benzene rings is 1. The average molecular weight is 334 g/mol. The highest BCUT2D eigenvalue weighted by Gasteiger charge is 2.14. The van der Waals surface area contributed by atoms with Crippen LogP contribution >= 0.6 is 11.3 Å². The molecule has 5 nitrogen and oxygen atoms in total. The third-order valence-electron chi connectivity index (χ3n) is 3.83. The molecule has 0 bridgehead atoms. The van der Waals surface area contributed by atoms with Crippen molar-refractivity contribution < 1.29 is 9.90 Å². The number of carboxylic acid groups (broad SMARTS) is 1. The van der Waals surface area contributed by atoms with Gasteiger partial charge in [0.15, 0.2) is 0 Å². The topological polar surface area (TPSA) is 73.4 Å². The maximum atomic E-state index is 11.8. The number of aromatic amines is 1. The molecule has 0 aliphatic rings. The summed E-state index contributed by atoms with van der Waals surface area (Å²) >= 11 is 1.20. The van der Waals surface area contributed by atoms with Crippen LogP contribution < -0.4 is 4.87 Å². The number of aliphatic carboxylic acids is 1. The minimum atomic E-state index is -0.805.